The van der Waals surface area contributed by atoms with Crippen LogP contribution < -0.4 is 21.3 Å². The summed E-state index contributed by atoms with van der Waals surface area (Å²) in [6, 6.07) is -0.315. The van der Waals surface area contributed by atoms with E-state index >= 15 is 0 Å². The van der Waals surface area contributed by atoms with Gasteiger partial charge in [0.1, 0.15) is 0 Å². The number of urea groups is 2. The minimum atomic E-state index is -0.157. The minimum Gasteiger partial charge on any atom is -0.341 e. The number of hydrogen-bond acceptors (Lipinski definition) is 2. The molecule has 0 unspecified atom stereocenters. The molecular weight excluding hydrogens is 232 g/mol. The number of hydrogen-bond donors (Lipinski definition) is 4. The van der Waals surface area contributed by atoms with Gasteiger partial charge in [-0.25, -0.2) is 9.59 Å². The van der Waals surface area contributed by atoms with Crippen molar-refractivity contribution in [2.45, 2.75) is 38.5 Å². The van der Waals surface area contributed by atoms with Crippen molar-refractivity contribution in [2.75, 3.05) is 28.2 Å². The van der Waals surface area contributed by atoms with E-state index in [1.54, 1.807) is 28.2 Å². The quantitative estimate of drug-likeness (QED) is 0.531. The van der Waals surface area contributed by atoms with E-state index in [1.165, 1.54) is 38.5 Å². The van der Waals surface area contributed by atoms with Crippen molar-refractivity contribution in [3.8, 4) is 0 Å². The van der Waals surface area contributed by atoms with Crippen LogP contribution in [0.15, 0.2) is 0 Å². The molecule has 1 rings (SSSR count). The third-order valence-electron chi connectivity index (χ3n) is 2.41. The zero-order valence-corrected chi connectivity index (χ0v) is 12.1. The Hall–Kier alpha value is -1.46. The molecule has 0 saturated heterocycles. The minimum absolute atomic E-state index is 0.157. The lowest BCUT2D eigenvalue weighted by atomic mass is 10.0. The van der Waals surface area contributed by atoms with E-state index in [4.69, 9.17) is 0 Å². The lowest BCUT2D eigenvalue weighted by molar-refractivity contribution is 0.244. The zero-order chi connectivity index (χ0) is 14.2. The Kier molecular flexibility index (Phi) is 16.3. The van der Waals surface area contributed by atoms with Crippen molar-refractivity contribution in [1.82, 2.24) is 21.3 Å². The van der Waals surface area contributed by atoms with Crippen LogP contribution in [0.4, 0.5) is 9.59 Å². The molecule has 0 radical (unpaired) electrons. The molecule has 0 heterocycles. The molecule has 6 heteroatoms. The first-order valence-corrected chi connectivity index (χ1v) is 6.41. The molecular formula is C12H28N4O2. The average Bonchev–Trinajstić information content (AvgIpc) is 2.48. The van der Waals surface area contributed by atoms with Crippen molar-refractivity contribution in [1.29, 1.82) is 0 Å². The maximum atomic E-state index is 9.96. The molecule has 4 amide bonds. The van der Waals surface area contributed by atoms with Gasteiger partial charge in [0, 0.05) is 28.2 Å². The van der Waals surface area contributed by atoms with Crippen LogP contribution in [0.5, 0.6) is 0 Å². The van der Waals surface area contributed by atoms with Crippen LogP contribution in [0.3, 0.4) is 0 Å². The fourth-order valence-corrected chi connectivity index (χ4v) is 1.31. The first-order chi connectivity index (χ1) is 8.62. The Morgan fingerprint density at radius 3 is 0.778 bits per heavy atom. The topological polar surface area (TPSA) is 82.3 Å². The fourth-order valence-electron chi connectivity index (χ4n) is 1.31. The number of nitrogens with one attached hydrogen (secondary N) is 4. The summed E-state index contributed by atoms with van der Waals surface area (Å²) in [5, 5.41) is 9.46. The second-order valence-electron chi connectivity index (χ2n) is 3.78. The lowest BCUT2D eigenvalue weighted by Crippen LogP contribution is -2.28. The van der Waals surface area contributed by atoms with E-state index in [9.17, 15) is 9.59 Å². The molecule has 0 aromatic carbocycles. The maximum Gasteiger partial charge on any atom is 0.314 e. The highest BCUT2D eigenvalue weighted by molar-refractivity contribution is 5.73. The zero-order valence-electron chi connectivity index (χ0n) is 12.1. The summed E-state index contributed by atoms with van der Waals surface area (Å²) in [4.78, 5) is 19.9. The second kappa shape index (κ2) is 15.5. The van der Waals surface area contributed by atoms with Crippen molar-refractivity contribution in [3.05, 3.63) is 0 Å². The maximum absolute atomic E-state index is 9.96. The molecule has 1 aliphatic carbocycles. The van der Waals surface area contributed by atoms with Crippen molar-refractivity contribution in [2.24, 2.45) is 0 Å². The molecule has 18 heavy (non-hydrogen) atoms. The first-order valence-electron chi connectivity index (χ1n) is 6.41. The van der Waals surface area contributed by atoms with Crippen molar-refractivity contribution >= 4 is 12.1 Å². The molecule has 0 aromatic rings. The molecule has 1 aliphatic rings. The molecule has 1 saturated carbocycles. The van der Waals surface area contributed by atoms with E-state index < -0.39 is 0 Å². The van der Waals surface area contributed by atoms with E-state index in [-0.39, 0.29) is 12.1 Å². The Bertz CT molecular complexity index is 167. The molecule has 0 aromatic heterocycles. The van der Waals surface area contributed by atoms with E-state index in [0.29, 0.717) is 0 Å². The Labute approximate surface area is 110 Å². The van der Waals surface area contributed by atoms with Crippen LogP contribution in [-0.2, 0) is 0 Å². The van der Waals surface area contributed by atoms with E-state index in [0.717, 1.165) is 0 Å². The van der Waals surface area contributed by atoms with E-state index in [1.807, 2.05) is 0 Å². The molecule has 4 N–H and O–H groups in total. The Morgan fingerprint density at radius 2 is 0.722 bits per heavy atom. The first kappa shape index (κ1) is 18.9. The Morgan fingerprint density at radius 1 is 0.556 bits per heavy atom. The van der Waals surface area contributed by atoms with Gasteiger partial charge in [0.2, 0.25) is 0 Å². The molecule has 0 spiro atoms. The predicted octanol–water partition coefficient (Wildman–Crippen LogP) is 1.43. The standard InChI is InChI=1S/C6H12.2C3H8N2O/c1-2-4-6-5-3-1;2*1-4-3(6)5-2/h1-6H2;2*1-2H3,(H2,4,5,6). The monoisotopic (exact) mass is 260 g/mol. The summed E-state index contributed by atoms with van der Waals surface area (Å²) in [5.41, 5.74) is 0. The van der Waals surface area contributed by atoms with Crippen LogP contribution in [-0.4, -0.2) is 40.3 Å². The molecule has 108 valence electrons. The average molecular weight is 260 g/mol. The summed E-state index contributed by atoms with van der Waals surface area (Å²) in [5.74, 6) is 0. The van der Waals surface area contributed by atoms with Crippen molar-refractivity contribution < 1.29 is 9.59 Å². The molecule has 0 bridgehead atoms. The summed E-state index contributed by atoms with van der Waals surface area (Å²) in [6.45, 7) is 0. The summed E-state index contributed by atoms with van der Waals surface area (Å²) >= 11 is 0. The molecule has 0 atom stereocenters. The van der Waals surface area contributed by atoms with Crippen LogP contribution >= 0.6 is 0 Å². The normalized spacial score (nSPS) is 12.7. The predicted molar refractivity (Wildman–Crippen MR) is 74.7 cm³/mol. The number of rotatable bonds is 0. The van der Waals surface area contributed by atoms with E-state index in [2.05, 4.69) is 21.3 Å². The van der Waals surface area contributed by atoms with Crippen LogP contribution in [0.1, 0.15) is 38.5 Å². The second-order valence-corrected chi connectivity index (χ2v) is 3.78. The number of carbonyl (C=O) groups excluding carboxylic acids is 2. The van der Waals surface area contributed by atoms with Crippen molar-refractivity contribution in [3.63, 3.8) is 0 Å². The van der Waals surface area contributed by atoms with Gasteiger partial charge < -0.3 is 21.3 Å². The SMILES string of the molecule is C1CCCCC1.CNC(=O)NC.CNC(=O)NC. The van der Waals surface area contributed by atoms with Gasteiger partial charge in [0.05, 0.1) is 0 Å². The van der Waals surface area contributed by atoms with Gasteiger partial charge in [-0.3, -0.25) is 0 Å². The highest BCUT2D eigenvalue weighted by Crippen LogP contribution is 2.15. The van der Waals surface area contributed by atoms with Gasteiger partial charge in [0.25, 0.3) is 0 Å². The smallest absolute Gasteiger partial charge is 0.314 e. The largest absolute Gasteiger partial charge is 0.341 e. The van der Waals surface area contributed by atoms with Crippen LogP contribution in [0.25, 0.3) is 0 Å². The lowest BCUT2D eigenvalue weighted by Gasteiger charge is -2.05. The third kappa shape index (κ3) is 17.0. The highest BCUT2D eigenvalue weighted by atomic mass is 16.2. The summed E-state index contributed by atoms with van der Waals surface area (Å²) in [7, 11) is 6.27. The van der Waals surface area contributed by atoms with Gasteiger partial charge >= 0.3 is 12.1 Å². The number of amides is 4. The van der Waals surface area contributed by atoms with Crippen LogP contribution in [0.2, 0.25) is 0 Å². The number of carbonyl (C=O) groups is 2. The molecule has 1 fully saturated rings. The van der Waals surface area contributed by atoms with Gasteiger partial charge in [-0.2, -0.15) is 0 Å². The molecule has 6 nitrogen and oxygen atoms in total. The highest BCUT2D eigenvalue weighted by Gasteiger charge is 1.95. The third-order valence-corrected chi connectivity index (χ3v) is 2.41. The van der Waals surface area contributed by atoms with Gasteiger partial charge in [-0.05, 0) is 0 Å². The van der Waals surface area contributed by atoms with Gasteiger partial charge in [-0.15, -0.1) is 0 Å². The Balaban J connectivity index is 0. The van der Waals surface area contributed by atoms with Gasteiger partial charge in [-0.1, -0.05) is 38.5 Å². The molecule has 0 aliphatic heterocycles. The van der Waals surface area contributed by atoms with Crippen LogP contribution in [0, 0.1) is 0 Å². The summed E-state index contributed by atoms with van der Waals surface area (Å²) < 4.78 is 0. The van der Waals surface area contributed by atoms with Gasteiger partial charge in [0.15, 0.2) is 0 Å². The summed E-state index contributed by atoms with van der Waals surface area (Å²) in [6.07, 6.45) is 9.00. The fraction of sp³-hybridized carbons (Fsp3) is 0.833.